The molecule has 1 aromatic rings. The number of ether oxygens (including phenoxy) is 1. The third-order valence-corrected chi connectivity index (χ3v) is 6.40. The molecule has 0 aliphatic heterocycles. The zero-order valence-electron chi connectivity index (χ0n) is 14.5. The number of nitrogens with one attached hydrogen (secondary N) is 2. The maximum Gasteiger partial charge on any atom is 0.315 e. The van der Waals surface area contributed by atoms with E-state index in [-0.39, 0.29) is 6.03 Å². The zero-order chi connectivity index (χ0) is 16.5. The third-order valence-electron chi connectivity index (χ3n) is 6.40. The summed E-state index contributed by atoms with van der Waals surface area (Å²) >= 11 is 0. The van der Waals surface area contributed by atoms with Crippen LogP contribution < -0.4 is 15.4 Å². The fraction of sp³-hybridized carbons (Fsp3) is 0.650. The van der Waals surface area contributed by atoms with E-state index >= 15 is 0 Å². The number of urea groups is 1. The van der Waals surface area contributed by atoms with Crippen LogP contribution >= 0.6 is 0 Å². The SMILES string of the molecule is COc1ccccc1CCNC(=O)NC1C2CC3CC(C2)CC1C3. The van der Waals surface area contributed by atoms with Crippen LogP contribution in [0.25, 0.3) is 0 Å². The Labute approximate surface area is 144 Å². The summed E-state index contributed by atoms with van der Waals surface area (Å²) < 4.78 is 5.36. The fourth-order valence-corrected chi connectivity index (χ4v) is 5.58. The molecule has 130 valence electrons. The summed E-state index contributed by atoms with van der Waals surface area (Å²) in [7, 11) is 1.69. The van der Waals surface area contributed by atoms with Gasteiger partial charge in [-0.2, -0.15) is 0 Å². The molecule has 2 N–H and O–H groups in total. The number of carbonyl (C=O) groups excluding carboxylic acids is 1. The molecule has 0 saturated heterocycles. The van der Waals surface area contributed by atoms with Crippen molar-refractivity contribution in [2.75, 3.05) is 13.7 Å². The first-order valence-corrected chi connectivity index (χ1v) is 9.39. The quantitative estimate of drug-likeness (QED) is 0.871. The molecule has 4 bridgehead atoms. The number of carbonyl (C=O) groups is 1. The highest BCUT2D eigenvalue weighted by atomic mass is 16.5. The molecule has 4 saturated carbocycles. The van der Waals surface area contributed by atoms with Crippen molar-refractivity contribution in [2.24, 2.45) is 23.7 Å². The Morgan fingerprint density at radius 2 is 1.75 bits per heavy atom. The van der Waals surface area contributed by atoms with Gasteiger partial charge >= 0.3 is 6.03 Å². The summed E-state index contributed by atoms with van der Waals surface area (Å²) in [6, 6.07) is 8.40. The maximum absolute atomic E-state index is 12.3. The first-order chi connectivity index (χ1) is 11.7. The molecule has 4 aliphatic carbocycles. The third kappa shape index (κ3) is 3.11. The van der Waals surface area contributed by atoms with Crippen molar-refractivity contribution in [3.05, 3.63) is 29.8 Å². The van der Waals surface area contributed by atoms with Crippen LogP contribution in [0.5, 0.6) is 5.75 Å². The van der Waals surface area contributed by atoms with Gasteiger partial charge in [0.15, 0.2) is 0 Å². The van der Waals surface area contributed by atoms with Gasteiger partial charge in [-0.15, -0.1) is 0 Å². The molecule has 4 aliphatic rings. The fourth-order valence-electron chi connectivity index (χ4n) is 5.58. The lowest BCUT2D eigenvalue weighted by Gasteiger charge is -2.54. The van der Waals surface area contributed by atoms with E-state index in [1.807, 2.05) is 18.2 Å². The van der Waals surface area contributed by atoms with E-state index in [4.69, 9.17) is 4.74 Å². The Kier molecular flexibility index (Phi) is 4.38. The average molecular weight is 328 g/mol. The van der Waals surface area contributed by atoms with Gasteiger partial charge in [0.1, 0.15) is 5.75 Å². The van der Waals surface area contributed by atoms with Crippen LogP contribution in [0.2, 0.25) is 0 Å². The molecule has 0 spiro atoms. The van der Waals surface area contributed by atoms with Gasteiger partial charge in [0.05, 0.1) is 7.11 Å². The number of para-hydroxylation sites is 1. The van der Waals surface area contributed by atoms with Crippen molar-refractivity contribution in [1.29, 1.82) is 0 Å². The standard InChI is InChI=1S/C20H28N2O2/c1-24-18-5-3-2-4-15(18)6-7-21-20(23)22-19-16-9-13-8-14(11-16)12-17(19)10-13/h2-5,13-14,16-17,19H,6-12H2,1H3,(H2,21,22,23). The molecule has 4 heteroatoms. The average Bonchev–Trinajstić information content (AvgIpc) is 2.58. The Balaban J connectivity index is 1.27. The van der Waals surface area contributed by atoms with E-state index in [0.717, 1.165) is 41.4 Å². The van der Waals surface area contributed by atoms with Crippen LogP contribution in [0.1, 0.15) is 37.7 Å². The van der Waals surface area contributed by atoms with Gasteiger partial charge in [-0.3, -0.25) is 0 Å². The van der Waals surface area contributed by atoms with Gasteiger partial charge in [0.25, 0.3) is 0 Å². The Morgan fingerprint density at radius 1 is 1.08 bits per heavy atom. The number of methoxy groups -OCH3 is 1. The molecular weight excluding hydrogens is 300 g/mol. The van der Waals surface area contributed by atoms with Gasteiger partial charge in [0, 0.05) is 12.6 Å². The van der Waals surface area contributed by atoms with Gasteiger partial charge in [0.2, 0.25) is 0 Å². The summed E-state index contributed by atoms with van der Waals surface area (Å²) in [6.45, 7) is 0.638. The summed E-state index contributed by atoms with van der Waals surface area (Å²) in [5.74, 6) is 4.22. The molecule has 0 radical (unpaired) electrons. The van der Waals surface area contributed by atoms with E-state index in [9.17, 15) is 4.79 Å². The minimum absolute atomic E-state index is 0.00220. The smallest absolute Gasteiger partial charge is 0.315 e. The highest BCUT2D eigenvalue weighted by molar-refractivity contribution is 5.74. The van der Waals surface area contributed by atoms with Gasteiger partial charge in [-0.1, -0.05) is 18.2 Å². The normalized spacial score (nSPS) is 33.3. The first-order valence-electron chi connectivity index (χ1n) is 9.39. The van der Waals surface area contributed by atoms with Crippen LogP contribution in [0.4, 0.5) is 4.79 Å². The molecule has 0 unspecified atom stereocenters. The van der Waals surface area contributed by atoms with Crippen molar-refractivity contribution in [2.45, 2.75) is 44.6 Å². The Morgan fingerprint density at radius 3 is 2.42 bits per heavy atom. The van der Waals surface area contributed by atoms with Crippen LogP contribution in [-0.2, 0) is 6.42 Å². The summed E-state index contributed by atoms with van der Waals surface area (Å²) in [5.41, 5.74) is 1.13. The predicted molar refractivity (Wildman–Crippen MR) is 94.1 cm³/mol. The second kappa shape index (κ2) is 6.66. The lowest BCUT2D eigenvalue weighted by Crippen LogP contribution is -2.57. The van der Waals surface area contributed by atoms with Crippen LogP contribution in [0, 0.1) is 23.7 Å². The van der Waals surface area contributed by atoms with E-state index in [2.05, 4.69) is 16.7 Å². The van der Waals surface area contributed by atoms with E-state index in [0.29, 0.717) is 12.6 Å². The van der Waals surface area contributed by atoms with Crippen molar-refractivity contribution in [3.63, 3.8) is 0 Å². The Hall–Kier alpha value is -1.71. The minimum atomic E-state index is 0.00220. The summed E-state index contributed by atoms with van der Waals surface area (Å²) in [5, 5.41) is 6.33. The molecule has 4 nitrogen and oxygen atoms in total. The number of rotatable bonds is 5. The second-order valence-electron chi connectivity index (χ2n) is 7.92. The molecule has 0 aromatic heterocycles. The van der Waals surface area contributed by atoms with Gasteiger partial charge in [-0.25, -0.2) is 4.79 Å². The molecular formula is C20H28N2O2. The monoisotopic (exact) mass is 328 g/mol. The highest BCUT2D eigenvalue weighted by Crippen LogP contribution is 2.53. The Bertz CT molecular complexity index is 573. The zero-order valence-corrected chi connectivity index (χ0v) is 14.5. The van der Waals surface area contributed by atoms with Crippen LogP contribution in [0.3, 0.4) is 0 Å². The molecule has 24 heavy (non-hydrogen) atoms. The van der Waals surface area contributed by atoms with Crippen molar-refractivity contribution in [3.8, 4) is 5.75 Å². The highest BCUT2D eigenvalue weighted by Gasteiger charge is 2.48. The summed E-state index contributed by atoms with van der Waals surface area (Å²) in [4.78, 5) is 12.3. The molecule has 0 heterocycles. The van der Waals surface area contributed by atoms with Crippen molar-refractivity contribution >= 4 is 6.03 Å². The first kappa shape index (κ1) is 15.8. The van der Waals surface area contributed by atoms with Crippen molar-refractivity contribution < 1.29 is 9.53 Å². The molecule has 0 atom stereocenters. The molecule has 2 amide bonds. The van der Waals surface area contributed by atoms with E-state index in [1.165, 1.54) is 32.1 Å². The molecule has 5 rings (SSSR count). The summed E-state index contributed by atoms with van der Waals surface area (Å²) in [6.07, 6.45) is 7.57. The van der Waals surface area contributed by atoms with Crippen molar-refractivity contribution in [1.82, 2.24) is 10.6 Å². The van der Waals surface area contributed by atoms with Crippen LogP contribution in [-0.4, -0.2) is 25.7 Å². The number of benzene rings is 1. The maximum atomic E-state index is 12.3. The minimum Gasteiger partial charge on any atom is -0.496 e. The molecule has 4 fully saturated rings. The van der Waals surface area contributed by atoms with Crippen LogP contribution in [0.15, 0.2) is 24.3 Å². The molecule has 1 aromatic carbocycles. The van der Waals surface area contributed by atoms with Gasteiger partial charge in [-0.05, 0) is 73.8 Å². The second-order valence-corrected chi connectivity index (χ2v) is 7.92. The predicted octanol–water partition coefficient (Wildman–Crippen LogP) is 3.36. The number of hydrogen-bond donors (Lipinski definition) is 2. The number of amides is 2. The topological polar surface area (TPSA) is 50.4 Å². The van der Waals surface area contributed by atoms with E-state index in [1.54, 1.807) is 7.11 Å². The van der Waals surface area contributed by atoms with E-state index < -0.39 is 0 Å². The lowest BCUT2D eigenvalue weighted by atomic mass is 9.54. The van der Waals surface area contributed by atoms with Gasteiger partial charge < -0.3 is 15.4 Å². The lowest BCUT2D eigenvalue weighted by molar-refractivity contribution is -0.00940. The number of hydrogen-bond acceptors (Lipinski definition) is 2. The largest absolute Gasteiger partial charge is 0.496 e.